The van der Waals surface area contributed by atoms with Crippen LogP contribution in [0.4, 0.5) is 4.79 Å². The fraction of sp³-hybridized carbons (Fsp3) is 0.867. The van der Waals surface area contributed by atoms with Gasteiger partial charge in [0.1, 0.15) is 17.4 Å². The van der Waals surface area contributed by atoms with E-state index in [0.29, 0.717) is 6.42 Å². The molecule has 0 aromatic rings. The predicted molar refractivity (Wildman–Crippen MR) is 75.1 cm³/mol. The van der Waals surface area contributed by atoms with E-state index in [2.05, 4.69) is 0 Å². The molecule has 1 unspecified atom stereocenters. The molecular formula is C15H27NO3. The van der Waals surface area contributed by atoms with Gasteiger partial charge in [-0.05, 0) is 53.9 Å². The van der Waals surface area contributed by atoms with E-state index in [-0.39, 0.29) is 11.6 Å². The third-order valence-corrected chi connectivity index (χ3v) is 3.70. The van der Waals surface area contributed by atoms with Crippen LogP contribution in [0.25, 0.3) is 0 Å². The minimum absolute atomic E-state index is 0.335. The fourth-order valence-corrected chi connectivity index (χ4v) is 2.93. The molecule has 0 aromatic carbocycles. The van der Waals surface area contributed by atoms with Crippen LogP contribution in [0.5, 0.6) is 0 Å². The van der Waals surface area contributed by atoms with E-state index in [1.54, 1.807) is 4.90 Å². The molecule has 110 valence electrons. The van der Waals surface area contributed by atoms with Crippen molar-refractivity contribution >= 4 is 12.4 Å². The van der Waals surface area contributed by atoms with Gasteiger partial charge in [0.05, 0.1) is 0 Å². The number of carbonyl (C=O) groups is 2. The Morgan fingerprint density at radius 3 is 2.32 bits per heavy atom. The fourth-order valence-electron chi connectivity index (χ4n) is 2.93. The molecule has 19 heavy (non-hydrogen) atoms. The summed E-state index contributed by atoms with van der Waals surface area (Å²) in [4.78, 5) is 25.8. The van der Waals surface area contributed by atoms with E-state index < -0.39 is 11.1 Å². The summed E-state index contributed by atoms with van der Waals surface area (Å²) in [6.07, 6.45) is 3.67. The zero-order valence-electron chi connectivity index (χ0n) is 13.1. The van der Waals surface area contributed by atoms with Gasteiger partial charge < -0.3 is 9.53 Å². The first-order valence-corrected chi connectivity index (χ1v) is 7.08. The lowest BCUT2D eigenvalue weighted by molar-refractivity contribution is -0.119. The zero-order valence-corrected chi connectivity index (χ0v) is 13.1. The molecule has 1 heterocycles. The molecule has 1 saturated heterocycles. The Balaban J connectivity index is 3.08. The second-order valence-corrected chi connectivity index (χ2v) is 7.10. The van der Waals surface area contributed by atoms with Gasteiger partial charge in [-0.1, -0.05) is 13.3 Å². The molecule has 0 radical (unpaired) electrons. The number of likely N-dealkylation sites (tertiary alicyclic amines) is 1. The van der Waals surface area contributed by atoms with Crippen LogP contribution < -0.4 is 0 Å². The maximum atomic E-state index is 12.5. The van der Waals surface area contributed by atoms with E-state index in [1.165, 1.54) is 0 Å². The van der Waals surface area contributed by atoms with Crippen molar-refractivity contribution in [1.29, 1.82) is 0 Å². The van der Waals surface area contributed by atoms with Gasteiger partial charge in [0.2, 0.25) is 0 Å². The van der Waals surface area contributed by atoms with Crippen LogP contribution in [0.15, 0.2) is 0 Å². The summed E-state index contributed by atoms with van der Waals surface area (Å²) >= 11 is 0. The molecule has 1 rings (SSSR count). The number of hydrogen-bond donors (Lipinski definition) is 0. The smallest absolute Gasteiger partial charge is 0.411 e. The van der Waals surface area contributed by atoms with Crippen LogP contribution in [0.3, 0.4) is 0 Å². The monoisotopic (exact) mass is 269 g/mol. The van der Waals surface area contributed by atoms with Gasteiger partial charge in [-0.15, -0.1) is 0 Å². The van der Waals surface area contributed by atoms with Gasteiger partial charge >= 0.3 is 6.09 Å². The highest BCUT2D eigenvalue weighted by atomic mass is 16.6. The van der Waals surface area contributed by atoms with Gasteiger partial charge in [0.15, 0.2) is 0 Å². The summed E-state index contributed by atoms with van der Waals surface area (Å²) < 4.78 is 5.49. The van der Waals surface area contributed by atoms with E-state index in [9.17, 15) is 9.59 Å². The zero-order chi connectivity index (χ0) is 14.9. The molecule has 0 spiro atoms. The van der Waals surface area contributed by atoms with Crippen molar-refractivity contribution in [3.8, 4) is 0 Å². The van der Waals surface area contributed by atoms with Crippen LogP contribution in [0.1, 0.15) is 67.2 Å². The van der Waals surface area contributed by atoms with Crippen LogP contribution in [-0.4, -0.2) is 34.0 Å². The molecule has 4 nitrogen and oxygen atoms in total. The average molecular weight is 269 g/mol. The number of rotatable bonds is 3. The van der Waals surface area contributed by atoms with Crippen LogP contribution in [-0.2, 0) is 9.53 Å². The van der Waals surface area contributed by atoms with Crippen molar-refractivity contribution < 1.29 is 14.3 Å². The van der Waals surface area contributed by atoms with Crippen molar-refractivity contribution in [3.05, 3.63) is 0 Å². The average Bonchev–Trinajstić information content (AvgIpc) is 2.49. The lowest BCUT2D eigenvalue weighted by Gasteiger charge is -2.41. The van der Waals surface area contributed by atoms with Gasteiger partial charge in [-0.25, -0.2) is 4.79 Å². The highest BCUT2D eigenvalue weighted by Gasteiger charge is 2.53. The van der Waals surface area contributed by atoms with E-state index >= 15 is 0 Å². The molecule has 1 atom stereocenters. The summed E-state index contributed by atoms with van der Waals surface area (Å²) in [6.45, 7) is 11.6. The van der Waals surface area contributed by atoms with Crippen LogP contribution >= 0.6 is 0 Å². The molecule has 1 aliphatic rings. The molecule has 0 N–H and O–H groups in total. The third-order valence-electron chi connectivity index (χ3n) is 3.70. The number of ether oxygens (including phenoxy) is 1. The van der Waals surface area contributed by atoms with E-state index in [0.717, 1.165) is 25.5 Å². The molecule has 4 heteroatoms. The second-order valence-electron chi connectivity index (χ2n) is 7.10. The molecular weight excluding hydrogens is 242 g/mol. The van der Waals surface area contributed by atoms with Crippen LogP contribution in [0, 0.1) is 0 Å². The highest BCUT2D eigenvalue weighted by molar-refractivity contribution is 5.79. The molecule has 1 fully saturated rings. The quantitative estimate of drug-likeness (QED) is 0.736. The summed E-state index contributed by atoms with van der Waals surface area (Å²) in [6, 6.07) is 0. The molecule has 0 aromatic heterocycles. The number of amides is 1. The number of nitrogens with zero attached hydrogens (tertiary/aromatic N) is 1. The summed E-state index contributed by atoms with van der Waals surface area (Å²) in [7, 11) is 0. The topological polar surface area (TPSA) is 46.6 Å². The van der Waals surface area contributed by atoms with Gasteiger partial charge in [-0.2, -0.15) is 0 Å². The normalized spacial score (nSPS) is 26.3. The Morgan fingerprint density at radius 2 is 1.89 bits per heavy atom. The first-order chi connectivity index (χ1) is 8.58. The lowest BCUT2D eigenvalue weighted by atomic mass is 9.92. The van der Waals surface area contributed by atoms with Crippen molar-refractivity contribution in [2.24, 2.45) is 0 Å². The minimum Gasteiger partial charge on any atom is -0.444 e. The summed E-state index contributed by atoms with van der Waals surface area (Å²) in [5.41, 5.74) is -1.57. The van der Waals surface area contributed by atoms with Gasteiger partial charge in [-0.3, -0.25) is 4.90 Å². The minimum atomic E-state index is -0.694. The highest BCUT2D eigenvalue weighted by Crippen LogP contribution is 2.43. The van der Waals surface area contributed by atoms with E-state index in [1.807, 2.05) is 41.5 Å². The van der Waals surface area contributed by atoms with Crippen molar-refractivity contribution in [2.45, 2.75) is 83.9 Å². The first kappa shape index (κ1) is 16.0. The predicted octanol–water partition coefficient (Wildman–Crippen LogP) is 3.53. The number of carbonyl (C=O) groups excluding carboxylic acids is 2. The van der Waals surface area contributed by atoms with Gasteiger partial charge in [0, 0.05) is 5.54 Å². The number of aldehydes is 1. The standard InChI is InChI=1S/C15H27NO3/c1-7-8-15(11-17)10-9-14(5,6)16(15)12(18)19-13(2,3)4/h11H,7-10H2,1-6H3. The Morgan fingerprint density at radius 1 is 1.32 bits per heavy atom. The summed E-state index contributed by atoms with van der Waals surface area (Å²) in [5.74, 6) is 0. The molecule has 0 bridgehead atoms. The Labute approximate surface area is 116 Å². The largest absolute Gasteiger partial charge is 0.444 e. The van der Waals surface area contributed by atoms with E-state index in [4.69, 9.17) is 4.74 Å². The molecule has 1 amide bonds. The number of hydrogen-bond acceptors (Lipinski definition) is 3. The Bertz CT molecular complexity index is 357. The van der Waals surface area contributed by atoms with Gasteiger partial charge in [0.25, 0.3) is 0 Å². The second kappa shape index (κ2) is 5.14. The molecule has 0 saturated carbocycles. The maximum absolute atomic E-state index is 12.5. The maximum Gasteiger partial charge on any atom is 0.411 e. The van der Waals surface area contributed by atoms with Crippen molar-refractivity contribution in [2.75, 3.05) is 0 Å². The Hall–Kier alpha value is -1.06. The lowest BCUT2D eigenvalue weighted by Crippen LogP contribution is -2.56. The summed E-state index contributed by atoms with van der Waals surface area (Å²) in [5, 5.41) is 0. The third kappa shape index (κ3) is 3.28. The SMILES string of the molecule is CCCC1(C=O)CCC(C)(C)N1C(=O)OC(C)(C)C. The van der Waals surface area contributed by atoms with Crippen LogP contribution in [0.2, 0.25) is 0 Å². The Kier molecular flexibility index (Phi) is 4.33. The van der Waals surface area contributed by atoms with Crippen molar-refractivity contribution in [3.63, 3.8) is 0 Å². The molecule has 0 aliphatic carbocycles. The molecule has 1 aliphatic heterocycles. The van der Waals surface area contributed by atoms with Crippen molar-refractivity contribution in [1.82, 2.24) is 4.90 Å². The first-order valence-electron chi connectivity index (χ1n) is 7.08.